The number of ether oxygens (including phenoxy) is 1. The van der Waals surface area contributed by atoms with Crippen molar-refractivity contribution in [3.8, 4) is 0 Å². The van der Waals surface area contributed by atoms with E-state index in [0.29, 0.717) is 0 Å². The lowest BCUT2D eigenvalue weighted by molar-refractivity contribution is 0.175. The lowest BCUT2D eigenvalue weighted by atomic mass is 10.4. The molecule has 0 radical (unpaired) electrons. The molecule has 0 aromatic rings. The third-order valence-corrected chi connectivity index (χ3v) is 1.72. The molecule has 0 unspecified atom stereocenters. The minimum absolute atomic E-state index is 0.885. The van der Waals surface area contributed by atoms with Crippen LogP contribution < -0.4 is 0 Å². The quantitative estimate of drug-likeness (QED) is 0.596. The van der Waals surface area contributed by atoms with Crippen molar-refractivity contribution in [3.05, 3.63) is 0 Å². The van der Waals surface area contributed by atoms with Crippen LogP contribution in [-0.4, -0.2) is 38.3 Å². The molecule has 0 heterocycles. The lowest BCUT2D eigenvalue weighted by Gasteiger charge is -2.16. The van der Waals surface area contributed by atoms with Gasteiger partial charge in [-0.1, -0.05) is 34.1 Å². The molecule has 0 amide bonds. The topological polar surface area (TPSA) is 12.5 Å². The average molecular weight is 189 g/mol. The van der Waals surface area contributed by atoms with Gasteiger partial charge in [0, 0.05) is 20.3 Å². The van der Waals surface area contributed by atoms with Crippen molar-refractivity contribution in [2.45, 2.75) is 40.5 Å². The predicted octanol–water partition coefficient (Wildman–Crippen LogP) is 2.78. The summed E-state index contributed by atoms with van der Waals surface area (Å²) >= 11 is 0. The Hall–Kier alpha value is -0.0800. The SMILES string of the molecule is CCC.CCN(CC)CCCOC. The molecule has 2 nitrogen and oxygen atoms in total. The van der Waals surface area contributed by atoms with E-state index in [1.165, 1.54) is 13.0 Å². The second-order valence-corrected chi connectivity index (χ2v) is 3.08. The second kappa shape index (κ2) is 14.4. The number of hydrogen-bond donors (Lipinski definition) is 0. The van der Waals surface area contributed by atoms with Crippen LogP contribution in [0.25, 0.3) is 0 Å². The summed E-state index contributed by atoms with van der Waals surface area (Å²) in [6.07, 6.45) is 2.40. The Labute approximate surface area is 84.3 Å². The first-order valence-corrected chi connectivity index (χ1v) is 5.47. The van der Waals surface area contributed by atoms with Gasteiger partial charge in [-0.2, -0.15) is 0 Å². The number of hydrogen-bond acceptors (Lipinski definition) is 2. The first kappa shape index (κ1) is 15.4. The summed E-state index contributed by atoms with van der Waals surface area (Å²) in [6, 6.07) is 0. The summed E-state index contributed by atoms with van der Waals surface area (Å²) in [6.45, 7) is 13.0. The molecule has 0 saturated heterocycles. The minimum Gasteiger partial charge on any atom is -0.385 e. The molecule has 82 valence electrons. The highest BCUT2D eigenvalue weighted by Crippen LogP contribution is 1.89. The van der Waals surface area contributed by atoms with Crippen molar-refractivity contribution in [1.29, 1.82) is 0 Å². The molecular formula is C11H27NO. The minimum atomic E-state index is 0.885. The van der Waals surface area contributed by atoms with E-state index in [1.54, 1.807) is 7.11 Å². The highest BCUT2D eigenvalue weighted by molar-refractivity contribution is 4.50. The fourth-order valence-electron chi connectivity index (χ4n) is 0.972. The highest BCUT2D eigenvalue weighted by Gasteiger charge is 1.96. The summed E-state index contributed by atoms with van der Waals surface area (Å²) in [4.78, 5) is 2.40. The zero-order valence-electron chi connectivity index (χ0n) is 10.1. The van der Waals surface area contributed by atoms with Gasteiger partial charge < -0.3 is 9.64 Å². The first-order valence-electron chi connectivity index (χ1n) is 5.47. The Morgan fingerprint density at radius 1 is 1.00 bits per heavy atom. The maximum Gasteiger partial charge on any atom is 0.0474 e. The third-order valence-electron chi connectivity index (χ3n) is 1.72. The molecule has 0 rings (SSSR count). The highest BCUT2D eigenvalue weighted by atomic mass is 16.5. The van der Waals surface area contributed by atoms with Crippen LogP contribution in [0.15, 0.2) is 0 Å². The largest absolute Gasteiger partial charge is 0.385 e. The van der Waals surface area contributed by atoms with Crippen LogP contribution in [-0.2, 0) is 4.74 Å². The summed E-state index contributed by atoms with van der Waals surface area (Å²) in [5, 5.41) is 0. The molecule has 0 fully saturated rings. The zero-order chi connectivity index (χ0) is 10.5. The normalized spacial score (nSPS) is 9.69. The zero-order valence-corrected chi connectivity index (χ0v) is 10.1. The van der Waals surface area contributed by atoms with Crippen LogP contribution in [0.2, 0.25) is 0 Å². The predicted molar refractivity (Wildman–Crippen MR) is 60.2 cm³/mol. The Morgan fingerprint density at radius 3 is 1.77 bits per heavy atom. The molecular weight excluding hydrogens is 162 g/mol. The monoisotopic (exact) mass is 189 g/mol. The standard InChI is InChI=1S/C8H19NO.C3H8/c1-4-9(5-2)7-6-8-10-3;1-3-2/h4-8H2,1-3H3;3H2,1-2H3. The van der Waals surface area contributed by atoms with Gasteiger partial charge in [0.15, 0.2) is 0 Å². The van der Waals surface area contributed by atoms with E-state index in [-0.39, 0.29) is 0 Å². The Bertz CT molecular complexity index is 72.5. The van der Waals surface area contributed by atoms with Crippen molar-refractivity contribution in [1.82, 2.24) is 4.90 Å². The van der Waals surface area contributed by atoms with Gasteiger partial charge in [0.1, 0.15) is 0 Å². The third kappa shape index (κ3) is 14.7. The van der Waals surface area contributed by atoms with Crippen LogP contribution >= 0.6 is 0 Å². The Balaban J connectivity index is 0. The summed E-state index contributed by atoms with van der Waals surface area (Å²) in [5.74, 6) is 0. The van der Waals surface area contributed by atoms with Crippen molar-refractivity contribution in [3.63, 3.8) is 0 Å². The molecule has 0 N–H and O–H groups in total. The Kier molecular flexibility index (Phi) is 17.1. The van der Waals surface area contributed by atoms with Gasteiger partial charge in [-0.25, -0.2) is 0 Å². The van der Waals surface area contributed by atoms with Gasteiger partial charge in [-0.05, 0) is 19.5 Å². The molecule has 13 heavy (non-hydrogen) atoms. The van der Waals surface area contributed by atoms with Crippen molar-refractivity contribution in [2.75, 3.05) is 33.4 Å². The molecule has 0 aromatic heterocycles. The number of nitrogens with zero attached hydrogens (tertiary/aromatic N) is 1. The molecule has 0 bridgehead atoms. The first-order chi connectivity index (χ1) is 6.26. The lowest BCUT2D eigenvalue weighted by Crippen LogP contribution is -2.24. The summed E-state index contributed by atoms with van der Waals surface area (Å²) < 4.78 is 4.95. The average Bonchev–Trinajstić information content (AvgIpc) is 2.14. The summed E-state index contributed by atoms with van der Waals surface area (Å²) in [5.41, 5.74) is 0. The van der Waals surface area contributed by atoms with Crippen LogP contribution in [0.4, 0.5) is 0 Å². The van der Waals surface area contributed by atoms with E-state index in [0.717, 1.165) is 26.1 Å². The van der Waals surface area contributed by atoms with Crippen LogP contribution in [0.1, 0.15) is 40.5 Å². The van der Waals surface area contributed by atoms with E-state index < -0.39 is 0 Å². The Morgan fingerprint density at radius 2 is 1.46 bits per heavy atom. The van der Waals surface area contributed by atoms with Crippen LogP contribution in [0.3, 0.4) is 0 Å². The van der Waals surface area contributed by atoms with Crippen molar-refractivity contribution < 1.29 is 4.74 Å². The maximum absolute atomic E-state index is 4.95. The van der Waals surface area contributed by atoms with Gasteiger partial charge in [-0.15, -0.1) is 0 Å². The number of methoxy groups -OCH3 is 1. The molecule has 0 saturated carbocycles. The van der Waals surface area contributed by atoms with E-state index in [1.807, 2.05) is 0 Å². The fraction of sp³-hybridized carbons (Fsp3) is 1.00. The molecule has 2 heteroatoms. The second-order valence-electron chi connectivity index (χ2n) is 3.08. The van der Waals surface area contributed by atoms with E-state index in [4.69, 9.17) is 4.74 Å². The molecule has 0 aliphatic rings. The van der Waals surface area contributed by atoms with Crippen molar-refractivity contribution >= 4 is 0 Å². The number of rotatable bonds is 6. The van der Waals surface area contributed by atoms with E-state index in [2.05, 4.69) is 32.6 Å². The van der Waals surface area contributed by atoms with Crippen molar-refractivity contribution in [2.24, 2.45) is 0 Å². The molecule has 0 atom stereocenters. The molecule has 0 aromatic carbocycles. The summed E-state index contributed by atoms with van der Waals surface area (Å²) in [7, 11) is 1.75. The van der Waals surface area contributed by atoms with E-state index >= 15 is 0 Å². The fourth-order valence-corrected chi connectivity index (χ4v) is 0.972. The molecule has 0 aliphatic heterocycles. The smallest absolute Gasteiger partial charge is 0.0474 e. The van der Waals surface area contributed by atoms with E-state index in [9.17, 15) is 0 Å². The van der Waals surface area contributed by atoms with Gasteiger partial charge >= 0.3 is 0 Å². The van der Waals surface area contributed by atoms with Crippen LogP contribution in [0.5, 0.6) is 0 Å². The van der Waals surface area contributed by atoms with Gasteiger partial charge in [0.2, 0.25) is 0 Å². The molecule has 0 spiro atoms. The van der Waals surface area contributed by atoms with Gasteiger partial charge in [0.25, 0.3) is 0 Å². The maximum atomic E-state index is 4.95. The van der Waals surface area contributed by atoms with Crippen LogP contribution in [0, 0.1) is 0 Å². The molecule has 0 aliphatic carbocycles. The van der Waals surface area contributed by atoms with Gasteiger partial charge in [0.05, 0.1) is 0 Å². The van der Waals surface area contributed by atoms with Gasteiger partial charge in [-0.3, -0.25) is 0 Å².